The van der Waals surface area contributed by atoms with Crippen LogP contribution in [0.25, 0.3) is 10.9 Å². The number of nitrogens with zero attached hydrogens (tertiary/aromatic N) is 1. The highest BCUT2D eigenvalue weighted by Gasteiger charge is 2.42. The van der Waals surface area contributed by atoms with Crippen molar-refractivity contribution in [3.63, 3.8) is 0 Å². The maximum Gasteiger partial charge on any atom is 0.375 e. The number of pyridine rings is 1. The Morgan fingerprint density at radius 3 is 2.59 bits per heavy atom. The quantitative estimate of drug-likeness (QED) is 0.878. The number of aryl methyl sites for hydroxylation is 1. The number of rotatable bonds is 3. The lowest BCUT2D eigenvalue weighted by molar-refractivity contribution is -0.651. The van der Waals surface area contributed by atoms with E-state index in [2.05, 4.69) is 0 Å². The van der Waals surface area contributed by atoms with Gasteiger partial charge in [0.2, 0.25) is 0 Å². The summed E-state index contributed by atoms with van der Waals surface area (Å²) in [6, 6.07) is 5.87. The van der Waals surface area contributed by atoms with E-state index in [1.807, 2.05) is 29.8 Å². The van der Waals surface area contributed by atoms with Crippen LogP contribution in [0.3, 0.4) is 0 Å². The summed E-state index contributed by atoms with van der Waals surface area (Å²) < 4.78 is 19.1. The molecule has 2 heterocycles. The molecular formula is C17H22NO4+. The standard InChI is InChI=1S/C17H22NO4/c1-17(2,19)13-9-11-15(21-5)10-7-6-8-12(20-4)14(10)18(3)16(11)22-13/h6-8,13,19H,9H2,1-5H3/q+1/t13-/m0/s1. The molecule has 0 unspecified atom stereocenters. The zero-order valence-corrected chi connectivity index (χ0v) is 13.6. The zero-order chi connectivity index (χ0) is 16.1. The topological polar surface area (TPSA) is 51.8 Å². The minimum absolute atomic E-state index is 0.301. The van der Waals surface area contributed by atoms with Gasteiger partial charge in [0, 0.05) is 6.42 Å². The molecule has 0 radical (unpaired) electrons. The summed E-state index contributed by atoms with van der Waals surface area (Å²) in [7, 11) is 5.25. The Hall–Kier alpha value is -2.01. The molecule has 0 aliphatic carbocycles. The van der Waals surface area contributed by atoms with Crippen molar-refractivity contribution in [2.24, 2.45) is 7.05 Å². The summed E-state index contributed by atoms with van der Waals surface area (Å²) >= 11 is 0. The number of hydrogen-bond donors (Lipinski definition) is 1. The lowest BCUT2D eigenvalue weighted by Gasteiger charge is -2.23. The van der Waals surface area contributed by atoms with E-state index in [9.17, 15) is 5.11 Å². The minimum Gasteiger partial charge on any atom is -0.495 e. The van der Waals surface area contributed by atoms with Crippen molar-refractivity contribution in [1.29, 1.82) is 0 Å². The lowest BCUT2D eigenvalue weighted by Crippen LogP contribution is -2.41. The van der Waals surface area contributed by atoms with Crippen LogP contribution in [0, 0.1) is 0 Å². The first-order valence-corrected chi connectivity index (χ1v) is 7.33. The largest absolute Gasteiger partial charge is 0.495 e. The number of aliphatic hydroxyl groups is 1. The Morgan fingerprint density at radius 1 is 1.27 bits per heavy atom. The highest BCUT2D eigenvalue weighted by Crippen LogP contribution is 2.42. The molecule has 1 aliphatic rings. The third-order valence-electron chi connectivity index (χ3n) is 4.27. The molecule has 1 aliphatic heterocycles. The summed E-state index contributed by atoms with van der Waals surface area (Å²) in [5.74, 6) is 2.27. The molecule has 3 rings (SSSR count). The van der Waals surface area contributed by atoms with Crippen molar-refractivity contribution < 1.29 is 23.9 Å². The molecule has 5 heteroatoms. The van der Waals surface area contributed by atoms with Crippen LogP contribution in [0.1, 0.15) is 19.4 Å². The third kappa shape index (κ3) is 2.08. The Balaban J connectivity index is 2.30. The summed E-state index contributed by atoms with van der Waals surface area (Å²) in [4.78, 5) is 0. The van der Waals surface area contributed by atoms with Gasteiger partial charge < -0.3 is 19.3 Å². The van der Waals surface area contributed by atoms with Crippen molar-refractivity contribution in [2.45, 2.75) is 32.0 Å². The Bertz CT molecular complexity index is 734. The van der Waals surface area contributed by atoms with Crippen LogP contribution in [0.5, 0.6) is 17.4 Å². The van der Waals surface area contributed by atoms with Crippen LogP contribution < -0.4 is 18.8 Å². The first-order valence-electron chi connectivity index (χ1n) is 7.33. The predicted molar refractivity (Wildman–Crippen MR) is 82.6 cm³/mol. The fourth-order valence-electron chi connectivity index (χ4n) is 3.10. The number of methoxy groups -OCH3 is 2. The van der Waals surface area contributed by atoms with Crippen LogP contribution in [-0.4, -0.2) is 31.0 Å². The first-order chi connectivity index (χ1) is 10.4. The summed E-state index contributed by atoms with van der Waals surface area (Å²) in [6.45, 7) is 3.52. The van der Waals surface area contributed by atoms with E-state index >= 15 is 0 Å². The molecule has 0 saturated carbocycles. The lowest BCUT2D eigenvalue weighted by atomic mass is 9.96. The van der Waals surface area contributed by atoms with Gasteiger partial charge in [-0.25, -0.2) is 0 Å². The molecule has 1 aromatic carbocycles. The molecule has 2 aromatic rings. The molecule has 5 nitrogen and oxygen atoms in total. The van der Waals surface area contributed by atoms with E-state index in [1.165, 1.54) is 0 Å². The Morgan fingerprint density at radius 2 is 2.00 bits per heavy atom. The van der Waals surface area contributed by atoms with Gasteiger partial charge in [-0.1, -0.05) is 6.07 Å². The smallest absolute Gasteiger partial charge is 0.375 e. The maximum absolute atomic E-state index is 10.3. The van der Waals surface area contributed by atoms with Gasteiger partial charge >= 0.3 is 5.88 Å². The molecule has 1 aromatic heterocycles. The summed E-state index contributed by atoms with van der Waals surface area (Å²) in [5.41, 5.74) is 0.975. The van der Waals surface area contributed by atoms with Crippen LogP contribution in [0.15, 0.2) is 18.2 Å². The zero-order valence-electron chi connectivity index (χ0n) is 13.6. The maximum atomic E-state index is 10.3. The SMILES string of the molecule is COc1c2c([n+](C)c3c(OC)cccc13)O[C@H](C(C)(C)O)C2. The van der Waals surface area contributed by atoms with Crippen LogP contribution in [0.4, 0.5) is 0 Å². The van der Waals surface area contributed by atoms with Gasteiger partial charge in [-0.2, -0.15) is 4.57 Å². The minimum atomic E-state index is -0.923. The van der Waals surface area contributed by atoms with Crippen molar-refractivity contribution in [1.82, 2.24) is 0 Å². The summed E-state index contributed by atoms with van der Waals surface area (Å²) in [6.07, 6.45) is 0.314. The molecule has 0 fully saturated rings. The molecule has 1 N–H and O–H groups in total. The number of benzene rings is 1. The van der Waals surface area contributed by atoms with Crippen molar-refractivity contribution in [3.8, 4) is 17.4 Å². The van der Waals surface area contributed by atoms with Crippen molar-refractivity contribution in [3.05, 3.63) is 23.8 Å². The second-order valence-corrected chi connectivity index (χ2v) is 6.20. The Kier molecular flexibility index (Phi) is 3.40. The van der Waals surface area contributed by atoms with Gasteiger partial charge in [-0.15, -0.1) is 0 Å². The highest BCUT2D eigenvalue weighted by molar-refractivity contribution is 5.89. The molecule has 0 bridgehead atoms. The number of ether oxygens (including phenoxy) is 3. The molecule has 0 spiro atoms. The average molecular weight is 304 g/mol. The van der Waals surface area contributed by atoms with Crippen LogP contribution >= 0.6 is 0 Å². The number of para-hydroxylation sites is 1. The van der Waals surface area contributed by atoms with Gasteiger partial charge in [-0.3, -0.25) is 0 Å². The van der Waals surface area contributed by atoms with E-state index in [-0.39, 0.29) is 6.10 Å². The van der Waals surface area contributed by atoms with Crippen molar-refractivity contribution in [2.75, 3.05) is 14.2 Å². The molecule has 118 valence electrons. The van der Waals surface area contributed by atoms with Crippen LogP contribution in [0.2, 0.25) is 0 Å². The van der Waals surface area contributed by atoms with E-state index in [0.29, 0.717) is 6.42 Å². The number of fused-ring (bicyclic) bond motifs is 2. The van der Waals surface area contributed by atoms with Gasteiger partial charge in [0.25, 0.3) is 5.52 Å². The van der Waals surface area contributed by atoms with Gasteiger partial charge in [0.05, 0.1) is 25.2 Å². The molecule has 0 saturated heterocycles. The number of hydrogen-bond acceptors (Lipinski definition) is 4. The molecule has 22 heavy (non-hydrogen) atoms. The van der Waals surface area contributed by atoms with E-state index < -0.39 is 5.60 Å². The number of aromatic nitrogens is 1. The first kappa shape index (κ1) is 14.9. The van der Waals surface area contributed by atoms with Gasteiger partial charge in [0.1, 0.15) is 24.5 Å². The molecular weight excluding hydrogens is 282 g/mol. The monoisotopic (exact) mass is 304 g/mol. The van der Waals surface area contributed by atoms with E-state index in [1.54, 1.807) is 28.1 Å². The normalized spacial score (nSPS) is 17.3. The van der Waals surface area contributed by atoms with Crippen molar-refractivity contribution >= 4 is 10.9 Å². The molecule has 1 atom stereocenters. The van der Waals surface area contributed by atoms with E-state index in [0.717, 1.165) is 33.8 Å². The average Bonchev–Trinajstić information content (AvgIpc) is 2.92. The fraction of sp³-hybridized carbons (Fsp3) is 0.471. The second kappa shape index (κ2) is 5.02. The Labute approximate surface area is 130 Å². The second-order valence-electron chi connectivity index (χ2n) is 6.20. The summed E-state index contributed by atoms with van der Waals surface area (Å²) in [5, 5.41) is 11.3. The fourth-order valence-corrected chi connectivity index (χ4v) is 3.10. The predicted octanol–water partition coefficient (Wildman–Crippen LogP) is 1.76. The third-order valence-corrected chi connectivity index (χ3v) is 4.27. The molecule has 0 amide bonds. The van der Waals surface area contributed by atoms with Crippen LogP contribution in [-0.2, 0) is 13.5 Å². The van der Waals surface area contributed by atoms with Gasteiger partial charge in [-0.05, 0) is 26.0 Å². The highest BCUT2D eigenvalue weighted by atomic mass is 16.5. The van der Waals surface area contributed by atoms with Gasteiger partial charge in [0.15, 0.2) is 5.75 Å². The van der Waals surface area contributed by atoms with E-state index in [4.69, 9.17) is 14.2 Å².